The molecule has 0 spiro atoms. The van der Waals surface area contributed by atoms with Gasteiger partial charge in [0.05, 0.1) is 9.82 Å². The van der Waals surface area contributed by atoms with Crippen LogP contribution in [0, 0.1) is 17.0 Å². The molecule has 0 aliphatic carbocycles. The fraction of sp³-hybridized carbons (Fsp3) is 0.455. The number of aryl methyl sites for hydroxylation is 1. The van der Waals surface area contributed by atoms with Crippen molar-refractivity contribution in [1.29, 1.82) is 0 Å². The monoisotopic (exact) mass is 321 g/mol. The van der Waals surface area contributed by atoms with Crippen LogP contribution in [0.3, 0.4) is 0 Å². The molecule has 7 nitrogen and oxygen atoms in total. The fourth-order valence-electron chi connectivity index (χ4n) is 2.15. The number of nitro benzene ring substituents is 1. The molecule has 1 aliphatic rings. The maximum Gasteiger partial charge on any atom is 0.269 e. The Balaban J connectivity index is 0.00000200. The molecule has 9 heteroatoms. The molecule has 0 aromatic heterocycles. The SMILES string of the molecule is Cc1cc([N+](=O)[O-])ccc1S(=O)(=O)N1CCC(N)C1.Cl. The molecular formula is C11H16ClN3O4S. The Morgan fingerprint density at radius 1 is 1.45 bits per heavy atom. The zero-order valence-corrected chi connectivity index (χ0v) is 12.5. The first-order valence-electron chi connectivity index (χ1n) is 5.83. The molecule has 112 valence electrons. The van der Waals surface area contributed by atoms with E-state index in [1.807, 2.05) is 0 Å². The van der Waals surface area contributed by atoms with E-state index in [1.165, 1.54) is 22.5 Å². The lowest BCUT2D eigenvalue weighted by Gasteiger charge is -2.17. The smallest absolute Gasteiger partial charge is 0.269 e. The van der Waals surface area contributed by atoms with Crippen molar-refractivity contribution in [3.8, 4) is 0 Å². The lowest BCUT2D eigenvalue weighted by molar-refractivity contribution is -0.385. The van der Waals surface area contributed by atoms with Crippen LogP contribution in [-0.2, 0) is 10.0 Å². The van der Waals surface area contributed by atoms with Gasteiger partial charge in [-0.2, -0.15) is 4.31 Å². The average Bonchev–Trinajstić information content (AvgIpc) is 2.76. The number of rotatable bonds is 3. The summed E-state index contributed by atoms with van der Waals surface area (Å²) in [5, 5.41) is 10.6. The number of nitrogens with zero attached hydrogens (tertiary/aromatic N) is 2. The standard InChI is InChI=1S/C11H15N3O4S.ClH/c1-8-6-10(14(15)16)2-3-11(8)19(17,18)13-5-4-9(12)7-13;/h2-3,6,9H,4-5,7,12H2,1H3;1H. The van der Waals surface area contributed by atoms with Crippen molar-refractivity contribution in [3.05, 3.63) is 33.9 Å². The van der Waals surface area contributed by atoms with E-state index in [-0.39, 0.29) is 29.0 Å². The highest BCUT2D eigenvalue weighted by molar-refractivity contribution is 7.89. The molecule has 2 N–H and O–H groups in total. The molecule has 1 fully saturated rings. The maximum absolute atomic E-state index is 12.4. The number of nitro groups is 1. The van der Waals surface area contributed by atoms with E-state index < -0.39 is 14.9 Å². The Bertz CT molecular complexity index is 620. The zero-order valence-electron chi connectivity index (χ0n) is 10.9. The molecule has 1 aromatic rings. The van der Waals surface area contributed by atoms with Gasteiger partial charge in [-0.3, -0.25) is 10.1 Å². The van der Waals surface area contributed by atoms with Crippen LogP contribution in [0.5, 0.6) is 0 Å². The molecule has 0 bridgehead atoms. The summed E-state index contributed by atoms with van der Waals surface area (Å²) >= 11 is 0. The summed E-state index contributed by atoms with van der Waals surface area (Å²) in [5.41, 5.74) is 5.96. The second-order valence-electron chi connectivity index (χ2n) is 4.62. The predicted molar refractivity (Wildman–Crippen MR) is 76.4 cm³/mol. The first kappa shape index (κ1) is 16.8. The Labute approximate surface area is 123 Å². The van der Waals surface area contributed by atoms with E-state index in [0.29, 0.717) is 25.1 Å². The molecule has 1 saturated heterocycles. The molecule has 1 aromatic carbocycles. The van der Waals surface area contributed by atoms with Gasteiger partial charge in [0.15, 0.2) is 0 Å². The highest BCUT2D eigenvalue weighted by Gasteiger charge is 2.32. The van der Waals surface area contributed by atoms with Gasteiger partial charge in [0.1, 0.15) is 0 Å². The maximum atomic E-state index is 12.4. The summed E-state index contributed by atoms with van der Waals surface area (Å²) < 4.78 is 26.1. The van der Waals surface area contributed by atoms with Gasteiger partial charge < -0.3 is 5.73 Å². The summed E-state index contributed by atoms with van der Waals surface area (Å²) in [4.78, 5) is 10.2. The van der Waals surface area contributed by atoms with E-state index in [1.54, 1.807) is 6.92 Å². The Kier molecular flexibility index (Phi) is 5.09. The zero-order chi connectivity index (χ0) is 14.2. The third kappa shape index (κ3) is 3.09. The Morgan fingerprint density at radius 3 is 2.55 bits per heavy atom. The normalized spacial score (nSPS) is 19.6. The molecule has 0 amide bonds. The van der Waals surface area contributed by atoms with Crippen molar-refractivity contribution in [2.24, 2.45) is 5.73 Å². The number of non-ortho nitro benzene ring substituents is 1. The quantitative estimate of drug-likeness (QED) is 0.661. The molecule has 1 atom stereocenters. The van der Waals surface area contributed by atoms with Crippen molar-refractivity contribution in [2.45, 2.75) is 24.3 Å². The Hall–Kier alpha value is -1.22. The third-order valence-corrected chi connectivity index (χ3v) is 5.20. The van der Waals surface area contributed by atoms with Gasteiger partial charge in [-0.25, -0.2) is 8.42 Å². The van der Waals surface area contributed by atoms with Gasteiger partial charge in [0.25, 0.3) is 5.69 Å². The molecule has 1 unspecified atom stereocenters. The van der Waals surface area contributed by atoms with Gasteiger partial charge in [0, 0.05) is 31.3 Å². The van der Waals surface area contributed by atoms with E-state index in [4.69, 9.17) is 5.73 Å². The van der Waals surface area contributed by atoms with Crippen LogP contribution in [0.25, 0.3) is 0 Å². The second-order valence-corrected chi connectivity index (χ2v) is 6.53. The number of hydrogen-bond donors (Lipinski definition) is 1. The van der Waals surface area contributed by atoms with Crippen molar-refractivity contribution in [2.75, 3.05) is 13.1 Å². The minimum atomic E-state index is -3.61. The average molecular weight is 322 g/mol. The number of sulfonamides is 1. The lowest BCUT2D eigenvalue weighted by atomic mass is 10.2. The van der Waals surface area contributed by atoms with Crippen molar-refractivity contribution < 1.29 is 13.3 Å². The highest BCUT2D eigenvalue weighted by Crippen LogP contribution is 2.26. The first-order valence-corrected chi connectivity index (χ1v) is 7.27. The third-order valence-electron chi connectivity index (χ3n) is 3.17. The van der Waals surface area contributed by atoms with E-state index in [0.717, 1.165) is 0 Å². The number of halogens is 1. The van der Waals surface area contributed by atoms with Crippen LogP contribution >= 0.6 is 12.4 Å². The van der Waals surface area contributed by atoms with Gasteiger partial charge in [-0.1, -0.05) is 0 Å². The molecule has 2 rings (SSSR count). The molecule has 20 heavy (non-hydrogen) atoms. The fourth-order valence-corrected chi connectivity index (χ4v) is 3.87. The topological polar surface area (TPSA) is 107 Å². The van der Waals surface area contributed by atoms with Gasteiger partial charge in [-0.15, -0.1) is 12.4 Å². The van der Waals surface area contributed by atoms with Crippen molar-refractivity contribution >= 4 is 28.1 Å². The second kappa shape index (κ2) is 6.04. The summed E-state index contributed by atoms with van der Waals surface area (Å²) in [6, 6.07) is 3.61. The Morgan fingerprint density at radius 2 is 2.10 bits per heavy atom. The van der Waals surface area contributed by atoms with Crippen LogP contribution in [0.1, 0.15) is 12.0 Å². The summed E-state index contributed by atoms with van der Waals surface area (Å²) in [6.07, 6.45) is 0.630. The minimum absolute atomic E-state index is 0. The minimum Gasteiger partial charge on any atom is -0.326 e. The number of benzene rings is 1. The summed E-state index contributed by atoms with van der Waals surface area (Å²) in [6.45, 7) is 2.23. The highest BCUT2D eigenvalue weighted by atomic mass is 35.5. The van der Waals surface area contributed by atoms with Crippen molar-refractivity contribution in [1.82, 2.24) is 4.31 Å². The van der Waals surface area contributed by atoms with E-state index >= 15 is 0 Å². The van der Waals surface area contributed by atoms with Gasteiger partial charge >= 0.3 is 0 Å². The number of nitrogens with two attached hydrogens (primary N) is 1. The van der Waals surface area contributed by atoms with E-state index in [9.17, 15) is 18.5 Å². The van der Waals surface area contributed by atoms with Crippen LogP contribution in [0.4, 0.5) is 5.69 Å². The lowest BCUT2D eigenvalue weighted by Crippen LogP contribution is -2.32. The van der Waals surface area contributed by atoms with Crippen LogP contribution in [-0.4, -0.2) is 36.8 Å². The summed E-state index contributed by atoms with van der Waals surface area (Å²) in [7, 11) is -3.61. The largest absolute Gasteiger partial charge is 0.326 e. The molecule has 1 heterocycles. The molecule has 1 aliphatic heterocycles. The van der Waals surface area contributed by atoms with Gasteiger partial charge in [-0.05, 0) is 25.0 Å². The van der Waals surface area contributed by atoms with Crippen LogP contribution in [0.2, 0.25) is 0 Å². The van der Waals surface area contributed by atoms with Crippen molar-refractivity contribution in [3.63, 3.8) is 0 Å². The summed E-state index contributed by atoms with van der Waals surface area (Å²) in [5.74, 6) is 0. The van der Waals surface area contributed by atoms with Gasteiger partial charge in [0.2, 0.25) is 10.0 Å². The van der Waals surface area contributed by atoms with E-state index in [2.05, 4.69) is 0 Å². The van der Waals surface area contributed by atoms with Crippen LogP contribution in [0.15, 0.2) is 23.1 Å². The predicted octanol–water partition coefficient (Wildman–Crippen LogP) is 1.05. The molecule has 0 radical (unpaired) electrons. The first-order chi connectivity index (χ1) is 8.82. The molecule has 0 saturated carbocycles. The number of hydrogen-bond acceptors (Lipinski definition) is 5. The molecular weight excluding hydrogens is 306 g/mol. The van der Waals surface area contributed by atoms with Crippen LogP contribution < -0.4 is 5.73 Å².